The van der Waals surface area contributed by atoms with Crippen LogP contribution in [-0.4, -0.2) is 24.5 Å². The number of ether oxygens (including phenoxy) is 1. The van der Waals surface area contributed by atoms with Crippen molar-refractivity contribution in [2.45, 2.75) is 32.7 Å². The van der Waals surface area contributed by atoms with Crippen molar-refractivity contribution in [3.05, 3.63) is 64.7 Å². The third-order valence-corrected chi connectivity index (χ3v) is 4.62. The first-order valence-corrected chi connectivity index (χ1v) is 8.12. The van der Waals surface area contributed by atoms with Gasteiger partial charge in [0.15, 0.2) is 0 Å². The molecule has 2 aromatic carbocycles. The zero-order chi connectivity index (χ0) is 16.4. The van der Waals surface area contributed by atoms with Gasteiger partial charge >= 0.3 is 0 Å². The molecule has 1 atom stereocenters. The lowest BCUT2D eigenvalue weighted by molar-refractivity contribution is 0.0734. The SMILES string of the molecule is COc1cccc(C2CCCN2C(=O)c2cc(C)ccc2C)c1. The van der Waals surface area contributed by atoms with E-state index in [1.165, 1.54) is 0 Å². The molecule has 1 aliphatic rings. The molecule has 0 aliphatic carbocycles. The molecule has 0 N–H and O–H groups in total. The summed E-state index contributed by atoms with van der Waals surface area (Å²) >= 11 is 0. The van der Waals surface area contributed by atoms with E-state index >= 15 is 0 Å². The van der Waals surface area contributed by atoms with Gasteiger partial charge in [-0.3, -0.25) is 4.79 Å². The lowest BCUT2D eigenvalue weighted by Crippen LogP contribution is -2.31. The number of benzene rings is 2. The lowest BCUT2D eigenvalue weighted by Gasteiger charge is -2.26. The van der Waals surface area contributed by atoms with Crippen LogP contribution in [0.25, 0.3) is 0 Å². The number of amides is 1. The topological polar surface area (TPSA) is 29.5 Å². The van der Waals surface area contributed by atoms with Crippen LogP contribution in [0.4, 0.5) is 0 Å². The van der Waals surface area contributed by atoms with E-state index < -0.39 is 0 Å². The molecule has 1 amide bonds. The molecular weight excluding hydrogens is 286 g/mol. The quantitative estimate of drug-likeness (QED) is 0.846. The standard InChI is InChI=1S/C20H23NO2/c1-14-9-10-15(2)18(12-14)20(22)21-11-5-8-19(21)16-6-4-7-17(13-16)23-3/h4,6-7,9-10,12-13,19H,5,8,11H2,1-3H3. The molecule has 3 rings (SSSR count). The van der Waals surface area contributed by atoms with Crippen LogP contribution in [0.1, 0.15) is 45.9 Å². The largest absolute Gasteiger partial charge is 0.497 e. The van der Waals surface area contributed by atoms with Gasteiger partial charge in [0.1, 0.15) is 5.75 Å². The molecule has 1 saturated heterocycles. The van der Waals surface area contributed by atoms with Crippen LogP contribution >= 0.6 is 0 Å². The summed E-state index contributed by atoms with van der Waals surface area (Å²) in [7, 11) is 1.67. The number of likely N-dealkylation sites (tertiary alicyclic amines) is 1. The van der Waals surface area contributed by atoms with E-state index in [0.29, 0.717) is 0 Å². The number of hydrogen-bond acceptors (Lipinski definition) is 2. The molecule has 1 aliphatic heterocycles. The van der Waals surface area contributed by atoms with Gasteiger partial charge in [0, 0.05) is 12.1 Å². The first-order valence-electron chi connectivity index (χ1n) is 8.12. The Labute approximate surface area is 137 Å². The van der Waals surface area contributed by atoms with Crippen molar-refractivity contribution in [1.29, 1.82) is 0 Å². The number of carbonyl (C=O) groups excluding carboxylic acids is 1. The molecule has 3 nitrogen and oxygen atoms in total. The molecule has 3 heteroatoms. The molecule has 0 radical (unpaired) electrons. The Kier molecular flexibility index (Phi) is 4.37. The molecular formula is C20H23NO2. The fourth-order valence-electron chi connectivity index (χ4n) is 3.33. The van der Waals surface area contributed by atoms with Gasteiger partial charge in [-0.25, -0.2) is 0 Å². The highest BCUT2D eigenvalue weighted by Gasteiger charge is 2.31. The first kappa shape index (κ1) is 15.6. The molecule has 0 aromatic heterocycles. The predicted octanol–water partition coefficient (Wildman–Crippen LogP) is 4.29. The smallest absolute Gasteiger partial charge is 0.254 e. The van der Waals surface area contributed by atoms with Gasteiger partial charge in [0.25, 0.3) is 5.91 Å². The Bertz CT molecular complexity index is 723. The molecule has 0 saturated carbocycles. The van der Waals surface area contributed by atoms with Crippen molar-refractivity contribution >= 4 is 5.91 Å². The zero-order valence-electron chi connectivity index (χ0n) is 14.0. The number of hydrogen-bond donors (Lipinski definition) is 0. The number of carbonyl (C=O) groups is 1. The molecule has 1 unspecified atom stereocenters. The fraction of sp³-hybridized carbons (Fsp3) is 0.350. The third-order valence-electron chi connectivity index (χ3n) is 4.62. The molecule has 0 spiro atoms. The second-order valence-corrected chi connectivity index (χ2v) is 6.25. The average Bonchev–Trinajstić information content (AvgIpc) is 3.06. The normalized spacial score (nSPS) is 17.3. The highest BCUT2D eigenvalue weighted by Crippen LogP contribution is 2.34. The van der Waals surface area contributed by atoms with E-state index in [0.717, 1.165) is 47.4 Å². The Hall–Kier alpha value is -2.29. The van der Waals surface area contributed by atoms with Crippen LogP contribution in [0.3, 0.4) is 0 Å². The van der Waals surface area contributed by atoms with Crippen LogP contribution in [0.15, 0.2) is 42.5 Å². The Balaban J connectivity index is 1.91. The van der Waals surface area contributed by atoms with E-state index in [1.54, 1.807) is 7.11 Å². The van der Waals surface area contributed by atoms with E-state index in [4.69, 9.17) is 4.74 Å². The Morgan fingerprint density at radius 3 is 2.78 bits per heavy atom. The number of nitrogens with zero attached hydrogens (tertiary/aromatic N) is 1. The van der Waals surface area contributed by atoms with Gasteiger partial charge in [-0.2, -0.15) is 0 Å². The van der Waals surface area contributed by atoms with Gasteiger partial charge in [0.05, 0.1) is 13.2 Å². The predicted molar refractivity (Wildman–Crippen MR) is 91.9 cm³/mol. The van der Waals surface area contributed by atoms with Crippen LogP contribution in [-0.2, 0) is 0 Å². The maximum absolute atomic E-state index is 13.1. The second kappa shape index (κ2) is 6.45. The second-order valence-electron chi connectivity index (χ2n) is 6.25. The molecule has 1 heterocycles. The Morgan fingerprint density at radius 2 is 2.00 bits per heavy atom. The van der Waals surface area contributed by atoms with Crippen molar-refractivity contribution in [2.75, 3.05) is 13.7 Å². The summed E-state index contributed by atoms with van der Waals surface area (Å²) in [6, 6.07) is 14.3. The summed E-state index contributed by atoms with van der Waals surface area (Å²) in [5.74, 6) is 0.977. The van der Waals surface area contributed by atoms with Crippen molar-refractivity contribution in [3.63, 3.8) is 0 Å². The highest BCUT2D eigenvalue weighted by molar-refractivity contribution is 5.96. The van der Waals surface area contributed by atoms with Crippen LogP contribution in [0.5, 0.6) is 5.75 Å². The summed E-state index contributed by atoms with van der Waals surface area (Å²) < 4.78 is 5.33. The minimum atomic E-state index is 0.136. The van der Waals surface area contributed by atoms with E-state index in [1.807, 2.05) is 49.1 Å². The van der Waals surface area contributed by atoms with Crippen molar-refractivity contribution in [3.8, 4) is 5.75 Å². The minimum Gasteiger partial charge on any atom is -0.497 e. The van der Waals surface area contributed by atoms with Crippen LogP contribution < -0.4 is 4.74 Å². The highest BCUT2D eigenvalue weighted by atomic mass is 16.5. The third kappa shape index (κ3) is 3.09. The molecule has 2 aromatic rings. The zero-order valence-corrected chi connectivity index (χ0v) is 14.0. The average molecular weight is 309 g/mol. The van der Waals surface area contributed by atoms with Gasteiger partial charge in [0.2, 0.25) is 0 Å². The maximum Gasteiger partial charge on any atom is 0.254 e. The monoisotopic (exact) mass is 309 g/mol. The lowest BCUT2D eigenvalue weighted by atomic mass is 10.0. The van der Waals surface area contributed by atoms with Crippen LogP contribution in [0, 0.1) is 13.8 Å². The minimum absolute atomic E-state index is 0.136. The Morgan fingerprint density at radius 1 is 1.17 bits per heavy atom. The number of aryl methyl sites for hydroxylation is 2. The molecule has 23 heavy (non-hydrogen) atoms. The summed E-state index contributed by atoms with van der Waals surface area (Å²) in [6.07, 6.45) is 2.04. The number of methoxy groups -OCH3 is 1. The van der Waals surface area contributed by atoms with Gasteiger partial charge < -0.3 is 9.64 Å². The van der Waals surface area contributed by atoms with Gasteiger partial charge in [-0.05, 0) is 56.0 Å². The van der Waals surface area contributed by atoms with E-state index in [-0.39, 0.29) is 11.9 Å². The summed E-state index contributed by atoms with van der Waals surface area (Å²) in [5.41, 5.74) is 4.13. The molecule has 1 fully saturated rings. The van der Waals surface area contributed by atoms with Crippen molar-refractivity contribution in [1.82, 2.24) is 4.90 Å². The van der Waals surface area contributed by atoms with Gasteiger partial charge in [-0.15, -0.1) is 0 Å². The maximum atomic E-state index is 13.1. The van der Waals surface area contributed by atoms with Gasteiger partial charge in [-0.1, -0.05) is 29.8 Å². The van der Waals surface area contributed by atoms with E-state index in [2.05, 4.69) is 12.1 Å². The summed E-state index contributed by atoms with van der Waals surface area (Å²) in [6.45, 7) is 4.84. The number of rotatable bonds is 3. The fourth-order valence-corrected chi connectivity index (χ4v) is 3.33. The van der Waals surface area contributed by atoms with E-state index in [9.17, 15) is 4.79 Å². The van der Waals surface area contributed by atoms with Crippen LogP contribution in [0.2, 0.25) is 0 Å². The molecule has 0 bridgehead atoms. The summed E-state index contributed by atoms with van der Waals surface area (Å²) in [5, 5.41) is 0. The van der Waals surface area contributed by atoms with Crippen molar-refractivity contribution < 1.29 is 9.53 Å². The first-order chi connectivity index (χ1) is 11.1. The van der Waals surface area contributed by atoms with Crippen molar-refractivity contribution in [2.24, 2.45) is 0 Å². The molecule has 120 valence electrons. The summed E-state index contributed by atoms with van der Waals surface area (Å²) in [4.78, 5) is 15.1.